The normalized spacial score (nSPS) is 10.9. The van der Waals surface area contributed by atoms with E-state index in [0.717, 1.165) is 17.0 Å². The van der Waals surface area contributed by atoms with Crippen molar-refractivity contribution in [2.24, 2.45) is 0 Å². The van der Waals surface area contributed by atoms with E-state index in [4.69, 9.17) is 9.15 Å². The first-order valence-electron chi connectivity index (χ1n) is 8.38. The third-order valence-corrected chi connectivity index (χ3v) is 4.10. The molecule has 4 rings (SSSR count). The maximum Gasteiger partial charge on any atom is 0.344 e. The number of carbonyl (C=O) groups is 1. The molecule has 0 saturated heterocycles. The van der Waals surface area contributed by atoms with Crippen LogP contribution < -0.4 is 10.1 Å². The quantitative estimate of drug-likeness (QED) is 0.586. The van der Waals surface area contributed by atoms with Crippen molar-refractivity contribution in [2.45, 2.75) is 13.0 Å². The molecular weight excluding hydrogens is 346 g/mol. The average Bonchev–Trinajstić information content (AvgIpc) is 3.33. The fraction of sp³-hybridized carbons (Fsp3) is 0.158. The molecule has 2 aromatic heterocycles. The van der Waals surface area contributed by atoms with Crippen LogP contribution in [0.5, 0.6) is 5.75 Å². The summed E-state index contributed by atoms with van der Waals surface area (Å²) in [5.41, 5.74) is 3.06. The third kappa shape index (κ3) is 3.50. The molecule has 8 heteroatoms. The summed E-state index contributed by atoms with van der Waals surface area (Å²) in [5.74, 6) is 1.21. The van der Waals surface area contributed by atoms with Gasteiger partial charge in [0.1, 0.15) is 17.5 Å². The Kier molecular flexibility index (Phi) is 4.52. The van der Waals surface area contributed by atoms with Crippen molar-refractivity contribution < 1.29 is 13.9 Å². The Hall–Kier alpha value is -3.68. The summed E-state index contributed by atoms with van der Waals surface area (Å²) in [6, 6.07) is 14.6. The lowest BCUT2D eigenvalue weighted by Crippen LogP contribution is -2.29. The van der Waals surface area contributed by atoms with Crippen LogP contribution in [-0.4, -0.2) is 33.1 Å². The van der Waals surface area contributed by atoms with Gasteiger partial charge in [0.05, 0.1) is 24.9 Å². The molecule has 2 heterocycles. The van der Waals surface area contributed by atoms with Gasteiger partial charge in [0.15, 0.2) is 0 Å². The summed E-state index contributed by atoms with van der Waals surface area (Å²) in [6.45, 7) is 0.152. The van der Waals surface area contributed by atoms with Crippen LogP contribution in [-0.2, 0) is 13.0 Å². The zero-order chi connectivity index (χ0) is 18.6. The summed E-state index contributed by atoms with van der Waals surface area (Å²) < 4.78 is 12.0. The van der Waals surface area contributed by atoms with E-state index in [0.29, 0.717) is 23.3 Å². The van der Waals surface area contributed by atoms with Crippen LogP contribution in [0.3, 0.4) is 0 Å². The van der Waals surface area contributed by atoms with Gasteiger partial charge in [-0.1, -0.05) is 35.5 Å². The number of hydrogen-bond acceptors (Lipinski definition) is 6. The molecule has 8 nitrogen and oxygen atoms in total. The summed E-state index contributed by atoms with van der Waals surface area (Å²) in [6.07, 6.45) is 2.16. The second-order valence-corrected chi connectivity index (χ2v) is 5.87. The van der Waals surface area contributed by atoms with Crippen molar-refractivity contribution in [1.82, 2.24) is 25.3 Å². The number of amides is 1. The molecular formula is C19H17N5O3. The van der Waals surface area contributed by atoms with Crippen molar-refractivity contribution in [3.63, 3.8) is 0 Å². The van der Waals surface area contributed by atoms with E-state index < -0.39 is 6.03 Å². The molecule has 0 aliphatic carbocycles. The number of oxazole rings is 1. The Balaban J connectivity index is 1.41. The lowest BCUT2D eigenvalue weighted by Gasteiger charge is -2.05. The van der Waals surface area contributed by atoms with Crippen LogP contribution in [0.1, 0.15) is 17.1 Å². The average molecular weight is 363 g/mol. The van der Waals surface area contributed by atoms with Gasteiger partial charge in [-0.05, 0) is 18.2 Å². The van der Waals surface area contributed by atoms with Crippen molar-refractivity contribution in [2.75, 3.05) is 7.11 Å². The van der Waals surface area contributed by atoms with Gasteiger partial charge in [0, 0.05) is 12.0 Å². The van der Waals surface area contributed by atoms with Crippen molar-refractivity contribution in [3.05, 3.63) is 71.9 Å². The smallest absolute Gasteiger partial charge is 0.344 e. The van der Waals surface area contributed by atoms with Gasteiger partial charge >= 0.3 is 6.03 Å². The Morgan fingerprint density at radius 3 is 2.89 bits per heavy atom. The van der Waals surface area contributed by atoms with Gasteiger partial charge in [0.2, 0.25) is 5.89 Å². The Bertz CT molecular complexity index is 1090. The predicted molar refractivity (Wildman–Crippen MR) is 97.5 cm³/mol. The van der Waals surface area contributed by atoms with E-state index in [1.165, 1.54) is 4.68 Å². The Morgan fingerprint density at radius 2 is 2.00 bits per heavy atom. The lowest BCUT2D eigenvalue weighted by molar-refractivity contribution is 0.238. The van der Waals surface area contributed by atoms with Crippen molar-refractivity contribution >= 4 is 17.1 Å². The topological polar surface area (TPSA) is 95.1 Å². The molecule has 4 aromatic rings. The molecule has 0 spiro atoms. The van der Waals surface area contributed by atoms with Gasteiger partial charge in [-0.3, -0.25) is 0 Å². The van der Waals surface area contributed by atoms with Crippen molar-refractivity contribution in [3.8, 4) is 5.75 Å². The zero-order valence-corrected chi connectivity index (χ0v) is 14.6. The molecule has 0 aliphatic heterocycles. The number of aromatic nitrogens is 4. The zero-order valence-electron chi connectivity index (χ0n) is 14.6. The molecule has 2 aromatic carbocycles. The molecule has 27 heavy (non-hydrogen) atoms. The number of carbonyl (C=O) groups excluding carboxylic acids is 1. The predicted octanol–water partition coefficient (Wildman–Crippen LogP) is 2.78. The minimum absolute atomic E-state index is 0.152. The second-order valence-electron chi connectivity index (χ2n) is 5.87. The maximum absolute atomic E-state index is 12.3. The number of benzene rings is 2. The van der Waals surface area contributed by atoms with Gasteiger partial charge in [-0.25, -0.2) is 9.78 Å². The number of para-hydroxylation sites is 2. The largest absolute Gasteiger partial charge is 0.496 e. The first-order chi connectivity index (χ1) is 13.2. The number of fused-ring (bicyclic) bond motifs is 1. The highest BCUT2D eigenvalue weighted by atomic mass is 16.5. The van der Waals surface area contributed by atoms with Crippen LogP contribution in [0.2, 0.25) is 0 Å². The fourth-order valence-corrected chi connectivity index (χ4v) is 2.80. The Labute approximate surface area is 154 Å². The Morgan fingerprint density at radius 1 is 1.19 bits per heavy atom. The minimum Gasteiger partial charge on any atom is -0.496 e. The molecule has 136 valence electrons. The summed E-state index contributed by atoms with van der Waals surface area (Å²) >= 11 is 0. The summed E-state index contributed by atoms with van der Waals surface area (Å²) in [7, 11) is 1.64. The van der Waals surface area contributed by atoms with E-state index in [1.807, 2.05) is 36.4 Å². The van der Waals surface area contributed by atoms with E-state index >= 15 is 0 Å². The van der Waals surface area contributed by atoms with Crippen LogP contribution in [0, 0.1) is 0 Å². The lowest BCUT2D eigenvalue weighted by atomic mass is 10.1. The molecule has 0 radical (unpaired) electrons. The van der Waals surface area contributed by atoms with Crippen molar-refractivity contribution in [1.29, 1.82) is 0 Å². The molecule has 0 bridgehead atoms. The minimum atomic E-state index is -0.395. The number of ether oxygens (including phenoxy) is 1. The molecule has 0 atom stereocenters. The summed E-state index contributed by atoms with van der Waals surface area (Å²) in [4.78, 5) is 16.8. The molecule has 0 saturated carbocycles. The second kappa shape index (κ2) is 7.28. The SMILES string of the molecule is COc1ccccc1Cc1coc(CNC(=O)n2nnc3ccccc32)n1. The van der Waals surface area contributed by atoms with Crippen LogP contribution in [0.4, 0.5) is 4.79 Å². The standard InChI is InChI=1S/C19H17N5O3/c1-26-17-9-5-2-6-13(17)10-14-12-27-18(21-14)11-20-19(25)24-16-8-4-3-7-15(16)22-23-24/h2-9,12H,10-11H2,1H3,(H,20,25). The van der Waals surface area contributed by atoms with Crippen LogP contribution in [0.15, 0.2) is 59.2 Å². The highest BCUT2D eigenvalue weighted by Crippen LogP contribution is 2.20. The number of nitrogens with zero attached hydrogens (tertiary/aromatic N) is 4. The maximum atomic E-state index is 12.3. The van der Waals surface area contributed by atoms with E-state index in [1.54, 1.807) is 25.5 Å². The monoisotopic (exact) mass is 363 g/mol. The molecule has 0 fully saturated rings. The first kappa shape index (κ1) is 16.8. The molecule has 0 unspecified atom stereocenters. The number of rotatable bonds is 5. The van der Waals surface area contributed by atoms with Gasteiger partial charge in [0.25, 0.3) is 0 Å². The number of nitrogens with one attached hydrogen (secondary N) is 1. The highest BCUT2D eigenvalue weighted by Gasteiger charge is 2.13. The number of hydrogen-bond donors (Lipinski definition) is 1. The van der Waals surface area contributed by atoms with Crippen LogP contribution >= 0.6 is 0 Å². The van der Waals surface area contributed by atoms with E-state index in [2.05, 4.69) is 20.6 Å². The number of methoxy groups -OCH3 is 1. The molecule has 1 N–H and O–H groups in total. The van der Waals surface area contributed by atoms with Gasteiger partial charge in [-0.15, -0.1) is 5.10 Å². The molecule has 1 amide bonds. The van der Waals surface area contributed by atoms with E-state index in [9.17, 15) is 4.79 Å². The van der Waals surface area contributed by atoms with Gasteiger partial charge in [-0.2, -0.15) is 4.68 Å². The first-order valence-corrected chi connectivity index (χ1v) is 8.38. The van der Waals surface area contributed by atoms with Crippen LogP contribution in [0.25, 0.3) is 11.0 Å². The molecule has 0 aliphatic rings. The summed E-state index contributed by atoms with van der Waals surface area (Å²) in [5, 5.41) is 10.6. The van der Waals surface area contributed by atoms with Gasteiger partial charge < -0.3 is 14.5 Å². The third-order valence-electron chi connectivity index (χ3n) is 4.10. The van der Waals surface area contributed by atoms with E-state index in [-0.39, 0.29) is 6.54 Å². The highest BCUT2D eigenvalue weighted by molar-refractivity contribution is 5.87. The fourth-order valence-electron chi connectivity index (χ4n) is 2.80.